The average molecular weight is 304 g/mol. The molecular formula is C17H24N2OS. The van der Waals surface area contributed by atoms with Gasteiger partial charge in [0, 0.05) is 24.1 Å². The summed E-state index contributed by atoms with van der Waals surface area (Å²) >= 11 is 1.65. The highest BCUT2D eigenvalue weighted by Gasteiger charge is 2.12. The van der Waals surface area contributed by atoms with Gasteiger partial charge in [0.2, 0.25) is 0 Å². The molecular weight excluding hydrogens is 280 g/mol. The van der Waals surface area contributed by atoms with Crippen molar-refractivity contribution >= 4 is 16.5 Å². The molecule has 0 radical (unpaired) electrons. The smallest absolute Gasteiger partial charge is 0.183 e. The molecule has 3 nitrogen and oxygen atoms in total. The molecule has 0 saturated heterocycles. The third-order valence-electron chi connectivity index (χ3n) is 4.05. The van der Waals surface area contributed by atoms with Gasteiger partial charge in [0.1, 0.15) is 0 Å². The van der Waals surface area contributed by atoms with Crippen molar-refractivity contribution in [2.45, 2.75) is 40.7 Å². The number of nitrogens with zero attached hydrogens (tertiary/aromatic N) is 1. The van der Waals surface area contributed by atoms with Crippen molar-refractivity contribution in [3.05, 3.63) is 33.7 Å². The third-order valence-corrected chi connectivity index (χ3v) is 4.82. The zero-order valence-corrected chi connectivity index (χ0v) is 14.5. The van der Waals surface area contributed by atoms with Gasteiger partial charge in [-0.2, -0.15) is 0 Å². The molecule has 0 aliphatic rings. The lowest BCUT2D eigenvalue weighted by molar-refractivity contribution is 0.190. The monoisotopic (exact) mass is 304 g/mol. The van der Waals surface area contributed by atoms with Gasteiger partial charge in [-0.25, -0.2) is 4.98 Å². The van der Waals surface area contributed by atoms with Crippen LogP contribution in [0.1, 0.15) is 29.2 Å². The Labute approximate surface area is 131 Å². The molecule has 0 spiro atoms. The maximum absolute atomic E-state index is 5.15. The molecule has 0 unspecified atom stereocenters. The highest BCUT2D eigenvalue weighted by atomic mass is 32.1. The van der Waals surface area contributed by atoms with Crippen LogP contribution >= 0.6 is 11.3 Å². The van der Waals surface area contributed by atoms with Crippen LogP contribution in [0.15, 0.2) is 11.4 Å². The largest absolute Gasteiger partial charge is 0.383 e. The van der Waals surface area contributed by atoms with Crippen LogP contribution in [0.3, 0.4) is 0 Å². The molecule has 1 atom stereocenters. The van der Waals surface area contributed by atoms with E-state index in [-0.39, 0.29) is 6.04 Å². The SMILES string of the molecule is COC[C@@H](C)Nc1nc(-c2cc(C)c(C)c(C)c2C)cs1. The van der Waals surface area contributed by atoms with E-state index in [9.17, 15) is 0 Å². The molecule has 1 aromatic heterocycles. The van der Waals surface area contributed by atoms with E-state index >= 15 is 0 Å². The van der Waals surface area contributed by atoms with Gasteiger partial charge in [0.25, 0.3) is 0 Å². The summed E-state index contributed by atoms with van der Waals surface area (Å²) in [6.07, 6.45) is 0. The summed E-state index contributed by atoms with van der Waals surface area (Å²) in [5.41, 5.74) is 7.66. The zero-order valence-electron chi connectivity index (χ0n) is 13.7. The second-order valence-electron chi connectivity index (χ2n) is 5.65. The quantitative estimate of drug-likeness (QED) is 0.883. The number of methoxy groups -OCH3 is 1. The minimum absolute atomic E-state index is 0.261. The first-order valence-electron chi connectivity index (χ1n) is 7.22. The van der Waals surface area contributed by atoms with E-state index < -0.39 is 0 Å². The summed E-state index contributed by atoms with van der Waals surface area (Å²) in [4.78, 5) is 4.73. The lowest BCUT2D eigenvalue weighted by Gasteiger charge is -2.13. The second kappa shape index (κ2) is 6.58. The average Bonchev–Trinajstić information content (AvgIpc) is 2.89. The molecule has 1 aromatic carbocycles. The van der Waals surface area contributed by atoms with Crippen molar-refractivity contribution in [1.29, 1.82) is 0 Å². The first kappa shape index (κ1) is 16.0. The third kappa shape index (κ3) is 3.44. The van der Waals surface area contributed by atoms with Crippen molar-refractivity contribution in [2.24, 2.45) is 0 Å². The summed E-state index contributed by atoms with van der Waals surface area (Å²) in [5, 5.41) is 6.45. The van der Waals surface area contributed by atoms with Crippen molar-refractivity contribution in [2.75, 3.05) is 19.0 Å². The predicted molar refractivity (Wildman–Crippen MR) is 91.5 cm³/mol. The molecule has 1 N–H and O–H groups in total. The highest BCUT2D eigenvalue weighted by molar-refractivity contribution is 7.14. The van der Waals surface area contributed by atoms with E-state index in [0.29, 0.717) is 6.61 Å². The van der Waals surface area contributed by atoms with Gasteiger partial charge in [-0.15, -0.1) is 11.3 Å². The highest BCUT2D eigenvalue weighted by Crippen LogP contribution is 2.31. The van der Waals surface area contributed by atoms with Crippen molar-refractivity contribution in [3.8, 4) is 11.3 Å². The number of anilines is 1. The molecule has 0 amide bonds. The van der Waals surface area contributed by atoms with E-state index in [0.717, 1.165) is 10.8 Å². The summed E-state index contributed by atoms with van der Waals surface area (Å²) in [5.74, 6) is 0. The fourth-order valence-electron chi connectivity index (χ4n) is 2.44. The van der Waals surface area contributed by atoms with Gasteiger partial charge in [0.15, 0.2) is 5.13 Å². The number of benzene rings is 1. The minimum atomic E-state index is 0.261. The molecule has 1 heterocycles. The summed E-state index contributed by atoms with van der Waals surface area (Å²) < 4.78 is 5.15. The van der Waals surface area contributed by atoms with Gasteiger partial charge < -0.3 is 10.1 Å². The molecule has 0 saturated carbocycles. The normalized spacial score (nSPS) is 12.5. The molecule has 114 valence electrons. The molecule has 2 aromatic rings. The Hall–Kier alpha value is -1.39. The van der Waals surface area contributed by atoms with E-state index in [1.807, 2.05) is 0 Å². The second-order valence-corrected chi connectivity index (χ2v) is 6.51. The molecule has 0 fully saturated rings. The number of nitrogens with one attached hydrogen (secondary N) is 1. The number of thiazole rings is 1. The van der Waals surface area contributed by atoms with Crippen molar-refractivity contribution in [1.82, 2.24) is 4.98 Å². The number of hydrogen-bond acceptors (Lipinski definition) is 4. The molecule has 21 heavy (non-hydrogen) atoms. The van der Waals surface area contributed by atoms with Crippen LogP contribution in [0.2, 0.25) is 0 Å². The standard InChI is InChI=1S/C17H24N2OS/c1-10-7-15(14(5)13(4)12(10)3)16-9-21-17(19-16)18-11(2)8-20-6/h7,9,11H,8H2,1-6H3,(H,18,19)/t11-/m1/s1. The first-order chi connectivity index (χ1) is 9.93. The fraction of sp³-hybridized carbons (Fsp3) is 0.471. The van der Waals surface area contributed by atoms with Crippen LogP contribution in [0.5, 0.6) is 0 Å². The topological polar surface area (TPSA) is 34.1 Å². The lowest BCUT2D eigenvalue weighted by Crippen LogP contribution is -2.20. The van der Waals surface area contributed by atoms with Crippen LogP contribution in [0, 0.1) is 27.7 Å². The van der Waals surface area contributed by atoms with Crippen LogP contribution in [0.4, 0.5) is 5.13 Å². The van der Waals surface area contributed by atoms with E-state index in [2.05, 4.69) is 51.4 Å². The van der Waals surface area contributed by atoms with Gasteiger partial charge in [-0.1, -0.05) is 0 Å². The lowest BCUT2D eigenvalue weighted by atomic mass is 9.93. The summed E-state index contributed by atoms with van der Waals surface area (Å²) in [6, 6.07) is 2.51. The molecule has 0 aliphatic heterocycles. The van der Waals surface area contributed by atoms with E-state index in [1.54, 1.807) is 18.4 Å². The minimum Gasteiger partial charge on any atom is -0.383 e. The Bertz CT molecular complexity index is 634. The van der Waals surface area contributed by atoms with Gasteiger partial charge in [-0.3, -0.25) is 0 Å². The Morgan fingerprint density at radius 1 is 1.19 bits per heavy atom. The molecule has 2 rings (SSSR count). The van der Waals surface area contributed by atoms with Gasteiger partial charge in [-0.05, 0) is 62.9 Å². The maximum Gasteiger partial charge on any atom is 0.183 e. The Morgan fingerprint density at radius 2 is 1.90 bits per heavy atom. The van der Waals surface area contributed by atoms with Gasteiger partial charge >= 0.3 is 0 Å². The number of rotatable bonds is 5. The van der Waals surface area contributed by atoms with Crippen LogP contribution in [0.25, 0.3) is 11.3 Å². The zero-order chi connectivity index (χ0) is 15.6. The first-order valence-corrected chi connectivity index (χ1v) is 8.10. The fourth-order valence-corrected chi connectivity index (χ4v) is 3.27. The van der Waals surface area contributed by atoms with Crippen molar-refractivity contribution in [3.63, 3.8) is 0 Å². The van der Waals surface area contributed by atoms with E-state index in [1.165, 1.54) is 27.8 Å². The van der Waals surface area contributed by atoms with Crippen molar-refractivity contribution < 1.29 is 4.74 Å². The van der Waals surface area contributed by atoms with Crippen LogP contribution < -0.4 is 5.32 Å². The van der Waals surface area contributed by atoms with Crippen LogP contribution in [-0.4, -0.2) is 24.7 Å². The predicted octanol–water partition coefficient (Wildman–Crippen LogP) is 4.49. The number of ether oxygens (including phenoxy) is 1. The Morgan fingerprint density at radius 3 is 2.57 bits per heavy atom. The summed E-state index contributed by atoms with van der Waals surface area (Å²) in [6.45, 7) is 11.5. The van der Waals surface area contributed by atoms with Crippen LogP contribution in [-0.2, 0) is 4.74 Å². The number of aromatic nitrogens is 1. The number of aryl methyl sites for hydroxylation is 1. The summed E-state index contributed by atoms with van der Waals surface area (Å²) in [7, 11) is 1.71. The molecule has 0 aliphatic carbocycles. The maximum atomic E-state index is 5.15. The van der Waals surface area contributed by atoms with E-state index in [4.69, 9.17) is 9.72 Å². The molecule has 4 heteroatoms. The van der Waals surface area contributed by atoms with Gasteiger partial charge in [0.05, 0.1) is 12.3 Å². The Balaban J connectivity index is 2.30. The number of hydrogen-bond donors (Lipinski definition) is 1. The molecule has 0 bridgehead atoms. The Kier molecular flexibility index (Phi) is 5.01.